The van der Waals surface area contributed by atoms with Crippen LogP contribution in [-0.2, 0) is 11.3 Å². The van der Waals surface area contributed by atoms with Gasteiger partial charge >= 0.3 is 12.0 Å². The number of carbonyl (C=O) groups excluding carboxylic acids is 1. The van der Waals surface area contributed by atoms with E-state index in [1.54, 1.807) is 6.20 Å². The summed E-state index contributed by atoms with van der Waals surface area (Å²) >= 11 is 0. The number of carboxylic acid groups (broad SMARTS) is 1. The highest BCUT2D eigenvalue weighted by Gasteiger charge is 2.53. The van der Waals surface area contributed by atoms with E-state index in [0.717, 1.165) is 25.0 Å². The molecule has 2 aliphatic heterocycles. The molecule has 0 radical (unpaired) electrons. The SMILES string of the molecule is O=C(NC1CC1)N1CCC[C@]2(C(=O)O)CN(Cc3cnco3)C[C@@H]2C1. The van der Waals surface area contributed by atoms with Gasteiger partial charge in [0.1, 0.15) is 5.76 Å². The molecule has 0 bridgehead atoms. The number of likely N-dealkylation sites (tertiary alicyclic amines) is 2. The Morgan fingerprint density at radius 3 is 2.92 bits per heavy atom. The highest BCUT2D eigenvalue weighted by molar-refractivity contribution is 5.77. The molecule has 25 heavy (non-hydrogen) atoms. The third kappa shape index (κ3) is 3.22. The zero-order valence-electron chi connectivity index (χ0n) is 14.2. The third-order valence-electron chi connectivity index (χ3n) is 5.74. The van der Waals surface area contributed by atoms with Crippen molar-refractivity contribution in [2.45, 2.75) is 38.3 Å². The fourth-order valence-corrected chi connectivity index (χ4v) is 4.23. The maximum atomic E-state index is 12.4. The van der Waals surface area contributed by atoms with E-state index in [-0.39, 0.29) is 11.9 Å². The molecule has 1 aromatic rings. The quantitative estimate of drug-likeness (QED) is 0.847. The van der Waals surface area contributed by atoms with Gasteiger partial charge in [0.2, 0.25) is 0 Å². The molecule has 1 aliphatic carbocycles. The van der Waals surface area contributed by atoms with Crippen molar-refractivity contribution in [2.75, 3.05) is 26.2 Å². The molecule has 0 spiro atoms. The zero-order chi connectivity index (χ0) is 17.4. The molecule has 2 amide bonds. The fraction of sp³-hybridized carbons (Fsp3) is 0.706. The van der Waals surface area contributed by atoms with Crippen molar-refractivity contribution < 1.29 is 19.1 Å². The lowest BCUT2D eigenvalue weighted by atomic mass is 9.75. The molecule has 3 heterocycles. The second-order valence-corrected chi connectivity index (χ2v) is 7.57. The Hall–Kier alpha value is -2.09. The molecule has 0 aromatic carbocycles. The summed E-state index contributed by atoms with van der Waals surface area (Å²) in [4.78, 5) is 32.4. The molecule has 8 heteroatoms. The predicted octanol–water partition coefficient (Wildman–Crippen LogP) is 1.15. The molecule has 3 aliphatic rings. The number of amides is 2. The molecule has 2 N–H and O–H groups in total. The number of oxazole rings is 1. The first-order valence-corrected chi connectivity index (χ1v) is 8.95. The fourth-order valence-electron chi connectivity index (χ4n) is 4.23. The lowest BCUT2D eigenvalue weighted by molar-refractivity contribution is -0.151. The minimum Gasteiger partial charge on any atom is -0.481 e. The van der Waals surface area contributed by atoms with Crippen LogP contribution in [-0.4, -0.2) is 64.1 Å². The number of rotatable bonds is 4. The molecular formula is C17H24N4O4. The van der Waals surface area contributed by atoms with Crippen LogP contribution in [0, 0.1) is 11.3 Å². The van der Waals surface area contributed by atoms with E-state index in [0.29, 0.717) is 45.2 Å². The van der Waals surface area contributed by atoms with E-state index in [9.17, 15) is 14.7 Å². The summed E-state index contributed by atoms with van der Waals surface area (Å²) in [5, 5.41) is 13.0. The van der Waals surface area contributed by atoms with Crippen LogP contribution in [0.25, 0.3) is 0 Å². The van der Waals surface area contributed by atoms with Crippen LogP contribution in [0.3, 0.4) is 0 Å². The van der Waals surface area contributed by atoms with Crippen LogP contribution in [0.4, 0.5) is 4.79 Å². The summed E-state index contributed by atoms with van der Waals surface area (Å²) < 4.78 is 5.30. The summed E-state index contributed by atoms with van der Waals surface area (Å²) in [6.07, 6.45) is 6.47. The predicted molar refractivity (Wildman–Crippen MR) is 87.7 cm³/mol. The van der Waals surface area contributed by atoms with Crippen molar-refractivity contribution in [2.24, 2.45) is 11.3 Å². The lowest BCUT2D eigenvalue weighted by Crippen LogP contribution is -2.46. The zero-order valence-corrected chi connectivity index (χ0v) is 14.2. The summed E-state index contributed by atoms with van der Waals surface area (Å²) in [5.74, 6) is -0.0808. The Bertz CT molecular complexity index is 645. The normalized spacial score (nSPS) is 29.9. The maximum Gasteiger partial charge on any atom is 0.317 e. The van der Waals surface area contributed by atoms with Crippen LogP contribution in [0.1, 0.15) is 31.4 Å². The Morgan fingerprint density at radius 2 is 2.24 bits per heavy atom. The van der Waals surface area contributed by atoms with Gasteiger partial charge in [0.25, 0.3) is 0 Å². The van der Waals surface area contributed by atoms with Crippen molar-refractivity contribution in [3.05, 3.63) is 18.4 Å². The largest absolute Gasteiger partial charge is 0.481 e. The second-order valence-electron chi connectivity index (χ2n) is 7.57. The molecule has 2 saturated heterocycles. The van der Waals surface area contributed by atoms with Gasteiger partial charge in [0, 0.05) is 38.1 Å². The van der Waals surface area contributed by atoms with E-state index in [1.807, 2.05) is 4.90 Å². The number of aromatic nitrogens is 1. The van der Waals surface area contributed by atoms with Gasteiger partial charge in [-0.3, -0.25) is 9.69 Å². The average molecular weight is 348 g/mol. The molecule has 1 saturated carbocycles. The third-order valence-corrected chi connectivity index (χ3v) is 5.74. The number of hydrogen-bond acceptors (Lipinski definition) is 5. The summed E-state index contributed by atoms with van der Waals surface area (Å²) in [7, 11) is 0. The highest BCUT2D eigenvalue weighted by Crippen LogP contribution is 2.43. The van der Waals surface area contributed by atoms with Gasteiger partial charge in [-0.1, -0.05) is 0 Å². The van der Waals surface area contributed by atoms with Gasteiger partial charge in [-0.05, 0) is 25.7 Å². The van der Waals surface area contributed by atoms with E-state index in [2.05, 4.69) is 15.2 Å². The molecule has 8 nitrogen and oxygen atoms in total. The number of fused-ring (bicyclic) bond motifs is 1. The van der Waals surface area contributed by atoms with E-state index in [1.165, 1.54) is 6.39 Å². The molecule has 136 valence electrons. The average Bonchev–Trinajstić information content (AvgIpc) is 3.17. The first-order valence-electron chi connectivity index (χ1n) is 8.95. The van der Waals surface area contributed by atoms with Crippen molar-refractivity contribution >= 4 is 12.0 Å². The standard InChI is InChI=1S/C17H24N4O4/c22-15(23)17-4-1-5-21(16(24)19-13-2-3-13)8-12(17)7-20(10-17)9-14-6-18-11-25-14/h6,11-13H,1-5,7-10H2,(H,19,24)(H,22,23)/t12-,17+/m1/s1. The van der Waals surface area contributed by atoms with Crippen LogP contribution >= 0.6 is 0 Å². The summed E-state index contributed by atoms with van der Waals surface area (Å²) in [5.41, 5.74) is -0.783. The van der Waals surface area contributed by atoms with E-state index in [4.69, 9.17) is 4.42 Å². The topological polar surface area (TPSA) is 98.9 Å². The Labute approximate surface area is 146 Å². The minimum atomic E-state index is -0.783. The van der Waals surface area contributed by atoms with Gasteiger partial charge in [0.15, 0.2) is 6.39 Å². The van der Waals surface area contributed by atoms with E-state index >= 15 is 0 Å². The molecule has 4 rings (SSSR count). The van der Waals surface area contributed by atoms with Crippen LogP contribution in [0.5, 0.6) is 0 Å². The lowest BCUT2D eigenvalue weighted by Gasteiger charge is -2.29. The molecular weight excluding hydrogens is 324 g/mol. The number of urea groups is 1. The molecule has 3 fully saturated rings. The summed E-state index contributed by atoms with van der Waals surface area (Å²) in [6.45, 7) is 2.83. The minimum absolute atomic E-state index is 0.0441. The van der Waals surface area contributed by atoms with Crippen molar-refractivity contribution in [1.82, 2.24) is 20.1 Å². The number of carboxylic acids is 1. The van der Waals surface area contributed by atoms with Gasteiger partial charge in [-0.2, -0.15) is 0 Å². The Kier molecular flexibility index (Phi) is 4.15. The van der Waals surface area contributed by atoms with Crippen molar-refractivity contribution in [1.29, 1.82) is 0 Å². The Balaban J connectivity index is 1.49. The van der Waals surface area contributed by atoms with Gasteiger partial charge in [0.05, 0.1) is 18.2 Å². The first kappa shape index (κ1) is 16.4. The number of hydrogen-bond donors (Lipinski definition) is 2. The number of nitrogens with one attached hydrogen (secondary N) is 1. The van der Waals surface area contributed by atoms with Crippen molar-refractivity contribution in [3.63, 3.8) is 0 Å². The van der Waals surface area contributed by atoms with Gasteiger partial charge in [-0.15, -0.1) is 0 Å². The van der Waals surface area contributed by atoms with Crippen LogP contribution < -0.4 is 5.32 Å². The van der Waals surface area contributed by atoms with Crippen LogP contribution in [0.2, 0.25) is 0 Å². The van der Waals surface area contributed by atoms with E-state index < -0.39 is 11.4 Å². The molecule has 2 atom stereocenters. The maximum absolute atomic E-state index is 12.4. The number of aliphatic carboxylic acids is 1. The second kappa shape index (κ2) is 6.33. The van der Waals surface area contributed by atoms with Crippen molar-refractivity contribution in [3.8, 4) is 0 Å². The molecule has 0 unspecified atom stereocenters. The number of nitrogens with zero attached hydrogens (tertiary/aromatic N) is 3. The van der Waals surface area contributed by atoms with Crippen LogP contribution in [0.15, 0.2) is 17.0 Å². The monoisotopic (exact) mass is 348 g/mol. The first-order chi connectivity index (χ1) is 12.1. The number of carbonyl (C=O) groups is 2. The van der Waals surface area contributed by atoms with Gasteiger partial charge in [-0.25, -0.2) is 9.78 Å². The Morgan fingerprint density at radius 1 is 1.40 bits per heavy atom. The highest BCUT2D eigenvalue weighted by atomic mass is 16.4. The molecule has 1 aromatic heterocycles. The summed E-state index contributed by atoms with van der Waals surface area (Å²) in [6, 6.07) is 0.267. The van der Waals surface area contributed by atoms with Gasteiger partial charge < -0.3 is 19.7 Å². The smallest absolute Gasteiger partial charge is 0.317 e.